The van der Waals surface area contributed by atoms with Crippen molar-refractivity contribution in [3.8, 4) is 0 Å². The van der Waals surface area contributed by atoms with Crippen molar-refractivity contribution in [2.75, 3.05) is 0 Å². The van der Waals surface area contributed by atoms with Crippen molar-refractivity contribution in [3.05, 3.63) is 105 Å². The van der Waals surface area contributed by atoms with Gasteiger partial charge >= 0.3 is 0 Å². The summed E-state index contributed by atoms with van der Waals surface area (Å²) in [7, 11) is 0. The zero-order chi connectivity index (χ0) is 27.1. The topological polar surface area (TPSA) is 49.4 Å². The zero-order valence-corrected chi connectivity index (χ0v) is 23.7. The number of carbonyl (C=O) groups excluding carboxylic acids is 2. The van der Waals surface area contributed by atoms with Gasteiger partial charge in [-0.3, -0.25) is 9.59 Å². The molecule has 0 saturated heterocycles. The maximum atomic E-state index is 14.1. The van der Waals surface area contributed by atoms with Crippen LogP contribution in [0.25, 0.3) is 0 Å². The highest BCUT2D eigenvalue weighted by molar-refractivity contribution is 6.35. The van der Waals surface area contributed by atoms with Crippen LogP contribution in [0.5, 0.6) is 0 Å². The molecule has 1 fully saturated rings. The summed E-state index contributed by atoms with van der Waals surface area (Å²) in [6.45, 7) is 4.25. The number of nitrogens with zero attached hydrogens (tertiary/aromatic N) is 1. The van der Waals surface area contributed by atoms with Gasteiger partial charge in [0, 0.05) is 29.1 Å². The Labute approximate surface area is 236 Å². The average molecular weight is 552 g/mol. The van der Waals surface area contributed by atoms with Crippen LogP contribution in [0.3, 0.4) is 0 Å². The molecule has 1 saturated carbocycles. The van der Waals surface area contributed by atoms with Crippen molar-refractivity contribution < 1.29 is 9.59 Å². The first-order valence-electron chi connectivity index (χ1n) is 13.4. The molecule has 0 radical (unpaired) electrons. The van der Waals surface area contributed by atoms with Crippen molar-refractivity contribution >= 4 is 35.0 Å². The lowest BCUT2D eigenvalue weighted by Gasteiger charge is -2.34. The molecule has 0 unspecified atom stereocenters. The summed E-state index contributed by atoms with van der Waals surface area (Å²) >= 11 is 12.7. The normalized spacial score (nSPS) is 14.6. The van der Waals surface area contributed by atoms with Crippen molar-refractivity contribution in [1.82, 2.24) is 10.2 Å². The maximum absolute atomic E-state index is 14.1. The van der Waals surface area contributed by atoms with Crippen LogP contribution in [0, 0.1) is 13.8 Å². The quantitative estimate of drug-likeness (QED) is 0.305. The lowest BCUT2D eigenvalue weighted by atomic mass is 9.94. The predicted octanol–water partition coefficient (Wildman–Crippen LogP) is 7.24. The van der Waals surface area contributed by atoms with Crippen LogP contribution in [0.15, 0.2) is 66.7 Å². The lowest BCUT2D eigenvalue weighted by molar-refractivity contribution is -0.141. The van der Waals surface area contributed by atoms with Gasteiger partial charge in [-0.25, -0.2) is 0 Å². The molecule has 2 amide bonds. The second kappa shape index (κ2) is 13.3. The van der Waals surface area contributed by atoms with Gasteiger partial charge in [-0.05, 0) is 61.1 Å². The Kier molecular flexibility index (Phi) is 9.87. The summed E-state index contributed by atoms with van der Waals surface area (Å²) in [6, 6.07) is 20.8. The number of amides is 2. The molecule has 0 heterocycles. The van der Waals surface area contributed by atoms with Crippen LogP contribution >= 0.6 is 23.2 Å². The predicted molar refractivity (Wildman–Crippen MR) is 156 cm³/mol. The molecule has 0 spiro atoms. The minimum atomic E-state index is -0.677. The third-order valence-electron chi connectivity index (χ3n) is 7.42. The summed E-state index contributed by atoms with van der Waals surface area (Å²) in [4.78, 5) is 29.7. The fraction of sp³-hybridized carbons (Fsp3) is 0.375. The number of halogens is 2. The van der Waals surface area contributed by atoms with E-state index in [1.165, 1.54) is 6.42 Å². The molecule has 38 heavy (non-hydrogen) atoms. The van der Waals surface area contributed by atoms with E-state index in [-0.39, 0.29) is 30.8 Å². The molecule has 0 bridgehead atoms. The molecule has 1 aliphatic carbocycles. The van der Waals surface area contributed by atoms with Gasteiger partial charge in [-0.15, -0.1) is 0 Å². The Balaban J connectivity index is 1.70. The van der Waals surface area contributed by atoms with Gasteiger partial charge in [-0.2, -0.15) is 0 Å². The molecule has 4 nitrogen and oxygen atoms in total. The van der Waals surface area contributed by atoms with Crippen molar-refractivity contribution in [3.63, 3.8) is 0 Å². The fourth-order valence-electron chi connectivity index (χ4n) is 5.19. The molecule has 3 aromatic carbocycles. The van der Waals surface area contributed by atoms with Crippen LogP contribution in [-0.2, 0) is 29.0 Å². The Morgan fingerprint density at radius 3 is 2.37 bits per heavy atom. The molecule has 3 aromatic rings. The first-order chi connectivity index (χ1) is 18.3. The summed E-state index contributed by atoms with van der Waals surface area (Å²) in [5.41, 5.74) is 4.88. The second-order valence-corrected chi connectivity index (χ2v) is 11.3. The largest absolute Gasteiger partial charge is 0.352 e. The standard InChI is InChI=1S/C32H36Cl2N2O2/c1-22-13-14-23(2)26(17-22)19-31(37)36(21-25-15-16-27(33)20-29(25)34)30(18-24-9-5-3-6-10-24)32(38)35-28-11-7-4-8-12-28/h3,5-6,9-10,13-17,20,28,30H,4,7-8,11-12,18-19,21H2,1-2H3,(H,35,38)/t30-/m0/s1. The van der Waals surface area contributed by atoms with Crippen molar-refractivity contribution in [2.24, 2.45) is 0 Å². The van der Waals surface area contributed by atoms with E-state index in [1.54, 1.807) is 17.0 Å². The van der Waals surface area contributed by atoms with Crippen LogP contribution in [0.1, 0.15) is 59.9 Å². The zero-order valence-electron chi connectivity index (χ0n) is 22.2. The van der Waals surface area contributed by atoms with E-state index in [0.717, 1.165) is 53.5 Å². The van der Waals surface area contributed by atoms with E-state index >= 15 is 0 Å². The van der Waals surface area contributed by atoms with Gasteiger partial charge < -0.3 is 10.2 Å². The van der Waals surface area contributed by atoms with E-state index in [1.807, 2.05) is 62.4 Å². The second-order valence-electron chi connectivity index (χ2n) is 10.4. The van der Waals surface area contributed by atoms with Gasteiger partial charge in [0.15, 0.2) is 0 Å². The monoisotopic (exact) mass is 550 g/mol. The minimum Gasteiger partial charge on any atom is -0.352 e. The third-order valence-corrected chi connectivity index (χ3v) is 8.01. The van der Waals surface area contributed by atoms with Crippen LogP contribution in [0.4, 0.5) is 0 Å². The molecular formula is C32H36Cl2N2O2. The summed E-state index contributed by atoms with van der Waals surface area (Å²) in [6.07, 6.45) is 6.01. The van der Waals surface area contributed by atoms with Gasteiger partial charge in [0.2, 0.25) is 11.8 Å². The Morgan fingerprint density at radius 2 is 1.66 bits per heavy atom. The van der Waals surface area contributed by atoms with Crippen LogP contribution < -0.4 is 5.32 Å². The first kappa shape index (κ1) is 28.2. The highest BCUT2D eigenvalue weighted by atomic mass is 35.5. The van der Waals surface area contributed by atoms with E-state index < -0.39 is 6.04 Å². The van der Waals surface area contributed by atoms with E-state index in [0.29, 0.717) is 16.5 Å². The number of carbonyl (C=O) groups is 2. The van der Waals surface area contributed by atoms with Crippen molar-refractivity contribution in [2.45, 2.75) is 77.4 Å². The minimum absolute atomic E-state index is 0.107. The number of nitrogens with one attached hydrogen (secondary N) is 1. The number of hydrogen-bond donors (Lipinski definition) is 1. The molecule has 1 N–H and O–H groups in total. The van der Waals surface area contributed by atoms with Gasteiger partial charge in [0.1, 0.15) is 6.04 Å². The Bertz CT molecular complexity index is 1260. The molecule has 1 aliphatic rings. The number of rotatable bonds is 9. The Morgan fingerprint density at radius 1 is 0.921 bits per heavy atom. The molecule has 4 rings (SSSR count). The van der Waals surface area contributed by atoms with Crippen molar-refractivity contribution in [1.29, 1.82) is 0 Å². The summed E-state index contributed by atoms with van der Waals surface area (Å²) in [5.74, 6) is -0.218. The number of benzene rings is 3. The summed E-state index contributed by atoms with van der Waals surface area (Å²) in [5, 5.41) is 4.29. The van der Waals surface area contributed by atoms with E-state index in [2.05, 4.69) is 11.4 Å². The number of aryl methyl sites for hydroxylation is 2. The highest BCUT2D eigenvalue weighted by Gasteiger charge is 2.32. The molecule has 1 atom stereocenters. The van der Waals surface area contributed by atoms with Gasteiger partial charge in [-0.1, -0.05) is 103 Å². The summed E-state index contributed by atoms with van der Waals surface area (Å²) < 4.78 is 0. The molecule has 0 aromatic heterocycles. The SMILES string of the molecule is Cc1ccc(C)c(CC(=O)N(Cc2ccc(Cl)cc2Cl)[C@@H](Cc2ccccc2)C(=O)NC2CCCCC2)c1. The first-order valence-corrected chi connectivity index (χ1v) is 14.2. The molecular weight excluding hydrogens is 515 g/mol. The number of hydrogen-bond acceptors (Lipinski definition) is 2. The van der Waals surface area contributed by atoms with E-state index in [9.17, 15) is 9.59 Å². The fourth-order valence-corrected chi connectivity index (χ4v) is 5.66. The molecule has 0 aliphatic heterocycles. The van der Waals surface area contributed by atoms with Crippen LogP contribution in [0.2, 0.25) is 10.0 Å². The lowest BCUT2D eigenvalue weighted by Crippen LogP contribution is -2.53. The van der Waals surface area contributed by atoms with Gasteiger partial charge in [0.25, 0.3) is 0 Å². The third kappa shape index (κ3) is 7.61. The average Bonchev–Trinajstić information content (AvgIpc) is 2.90. The Hall–Kier alpha value is -2.82. The van der Waals surface area contributed by atoms with Crippen LogP contribution in [-0.4, -0.2) is 28.8 Å². The smallest absolute Gasteiger partial charge is 0.243 e. The van der Waals surface area contributed by atoms with E-state index in [4.69, 9.17) is 23.2 Å². The molecule has 200 valence electrons. The highest BCUT2D eigenvalue weighted by Crippen LogP contribution is 2.26. The van der Waals surface area contributed by atoms with Gasteiger partial charge in [0.05, 0.1) is 6.42 Å². The maximum Gasteiger partial charge on any atom is 0.243 e. The molecule has 6 heteroatoms.